The van der Waals surface area contributed by atoms with Gasteiger partial charge in [0.05, 0.1) is 10.8 Å². The Hall–Kier alpha value is -3.85. The molecule has 5 rings (SSSR count). The first-order chi connectivity index (χ1) is 21.5. The van der Waals surface area contributed by atoms with Gasteiger partial charge >= 0.3 is 5.97 Å². The average molecular weight is 603 g/mol. The Morgan fingerprint density at radius 2 is 1.22 bits per heavy atom. The van der Waals surface area contributed by atoms with Crippen molar-refractivity contribution in [2.24, 2.45) is 5.41 Å². The zero-order valence-electron chi connectivity index (χ0n) is 28.6. The van der Waals surface area contributed by atoms with E-state index < -0.39 is 10.8 Å². The van der Waals surface area contributed by atoms with Crippen molar-refractivity contribution in [3.05, 3.63) is 118 Å². The third kappa shape index (κ3) is 5.94. The molecule has 236 valence electrons. The largest absolute Gasteiger partial charge is 0.487 e. The molecule has 0 amide bonds. The molecule has 1 aliphatic rings. The highest BCUT2D eigenvalue weighted by Crippen LogP contribution is 2.56. The Bertz CT molecular complexity index is 1630. The topological polar surface area (TPSA) is 35.5 Å². The van der Waals surface area contributed by atoms with Crippen LogP contribution in [-0.4, -0.2) is 11.6 Å². The van der Waals surface area contributed by atoms with E-state index in [0.717, 1.165) is 61.0 Å². The fourth-order valence-electron chi connectivity index (χ4n) is 7.10. The monoisotopic (exact) mass is 602 g/mol. The van der Waals surface area contributed by atoms with E-state index in [-0.39, 0.29) is 11.6 Å². The lowest BCUT2D eigenvalue weighted by Gasteiger charge is -2.35. The van der Waals surface area contributed by atoms with Crippen LogP contribution < -0.4 is 9.47 Å². The molecule has 0 aliphatic heterocycles. The van der Waals surface area contributed by atoms with Crippen LogP contribution in [0.25, 0.3) is 11.1 Å². The lowest BCUT2D eigenvalue weighted by molar-refractivity contribution is -0.144. The van der Waals surface area contributed by atoms with Gasteiger partial charge in [-0.25, -0.2) is 0 Å². The highest BCUT2D eigenvalue weighted by Gasteiger charge is 2.46. The number of ether oxygens (including phenoxy) is 2. The van der Waals surface area contributed by atoms with Gasteiger partial charge in [-0.1, -0.05) is 106 Å². The number of carbonyl (C=O) groups is 1. The predicted molar refractivity (Wildman–Crippen MR) is 186 cm³/mol. The van der Waals surface area contributed by atoms with Gasteiger partial charge in [0.25, 0.3) is 0 Å². The van der Waals surface area contributed by atoms with Crippen LogP contribution in [0.3, 0.4) is 0 Å². The van der Waals surface area contributed by atoms with Crippen LogP contribution >= 0.6 is 0 Å². The predicted octanol–water partition coefficient (Wildman–Crippen LogP) is 11.1. The van der Waals surface area contributed by atoms with E-state index in [0.29, 0.717) is 5.75 Å². The Kier molecular flexibility index (Phi) is 9.31. The van der Waals surface area contributed by atoms with Gasteiger partial charge in [-0.15, -0.1) is 0 Å². The number of hydrogen-bond acceptors (Lipinski definition) is 3. The third-order valence-electron chi connectivity index (χ3n) is 9.96. The molecule has 0 spiro atoms. The lowest BCUT2D eigenvalue weighted by Crippen LogP contribution is -2.32. The van der Waals surface area contributed by atoms with Crippen molar-refractivity contribution < 1.29 is 14.3 Å². The van der Waals surface area contributed by atoms with Gasteiger partial charge in [-0.3, -0.25) is 4.79 Å². The molecule has 0 heterocycles. The summed E-state index contributed by atoms with van der Waals surface area (Å²) in [6.07, 6.45) is 6.03. The molecule has 3 heteroatoms. The van der Waals surface area contributed by atoms with Crippen LogP contribution in [0.2, 0.25) is 0 Å². The number of carbonyl (C=O) groups excluding carboxylic acids is 1. The first-order valence-corrected chi connectivity index (χ1v) is 16.8. The summed E-state index contributed by atoms with van der Waals surface area (Å²) in [4.78, 5) is 13.1. The van der Waals surface area contributed by atoms with Crippen molar-refractivity contribution in [2.75, 3.05) is 0 Å². The van der Waals surface area contributed by atoms with Crippen molar-refractivity contribution in [3.8, 4) is 22.6 Å². The van der Waals surface area contributed by atoms with Gasteiger partial charge in [0.15, 0.2) is 0 Å². The van der Waals surface area contributed by atoms with Gasteiger partial charge < -0.3 is 9.47 Å². The summed E-state index contributed by atoms with van der Waals surface area (Å²) in [5, 5.41) is 0. The van der Waals surface area contributed by atoms with Crippen LogP contribution in [0.4, 0.5) is 0 Å². The molecular weight excluding hydrogens is 552 g/mol. The molecule has 0 fully saturated rings. The molecule has 0 aromatic heterocycles. The van der Waals surface area contributed by atoms with E-state index in [1.54, 1.807) is 0 Å². The molecule has 4 aromatic rings. The highest BCUT2D eigenvalue weighted by atomic mass is 16.5. The minimum absolute atomic E-state index is 0.185. The zero-order valence-corrected chi connectivity index (χ0v) is 28.6. The fraction of sp³-hybridized carbons (Fsp3) is 0.405. The van der Waals surface area contributed by atoms with E-state index in [1.165, 1.54) is 27.8 Å². The zero-order chi connectivity index (χ0) is 32.4. The minimum Gasteiger partial charge on any atom is -0.487 e. The quantitative estimate of drug-likeness (QED) is 0.105. The second kappa shape index (κ2) is 12.9. The normalized spacial score (nSPS) is 14.8. The Labute approximate surface area is 271 Å². The standard InChI is InChI=1S/C42H50O3/c1-9-12-26-41(8,11-3)45-38-24-22-32(28-30(38)5)42(35-19-15-13-17-33(35)34-18-14-16-20-36(34)42)31-21-23-37(29(4)27-31)44-39(43)40(6,7)25-10-2/h13-24,27-28H,9-12,25-26H2,1-8H3. The molecule has 3 nitrogen and oxygen atoms in total. The molecule has 4 aromatic carbocycles. The summed E-state index contributed by atoms with van der Waals surface area (Å²) in [5.74, 6) is 1.38. The molecule has 1 atom stereocenters. The Morgan fingerprint density at radius 1 is 0.689 bits per heavy atom. The summed E-state index contributed by atoms with van der Waals surface area (Å²) in [6, 6.07) is 30.7. The summed E-state index contributed by atoms with van der Waals surface area (Å²) >= 11 is 0. The van der Waals surface area contributed by atoms with E-state index in [4.69, 9.17) is 9.47 Å². The third-order valence-corrected chi connectivity index (χ3v) is 9.96. The number of unbranched alkanes of at least 4 members (excludes halogenated alkanes) is 1. The maximum absolute atomic E-state index is 13.1. The van der Waals surface area contributed by atoms with Crippen molar-refractivity contribution in [2.45, 2.75) is 105 Å². The lowest BCUT2D eigenvalue weighted by atomic mass is 9.67. The second-order valence-electron chi connectivity index (χ2n) is 13.8. The number of aryl methyl sites for hydroxylation is 2. The van der Waals surface area contributed by atoms with Crippen LogP contribution in [-0.2, 0) is 10.2 Å². The van der Waals surface area contributed by atoms with E-state index in [1.807, 2.05) is 26.8 Å². The number of esters is 1. The average Bonchev–Trinajstić information content (AvgIpc) is 3.33. The Balaban J connectivity index is 1.66. The first-order valence-electron chi connectivity index (χ1n) is 16.8. The van der Waals surface area contributed by atoms with Gasteiger partial charge in [0.1, 0.15) is 17.1 Å². The fourth-order valence-corrected chi connectivity index (χ4v) is 7.10. The van der Waals surface area contributed by atoms with Crippen LogP contribution in [0.5, 0.6) is 11.5 Å². The van der Waals surface area contributed by atoms with Crippen LogP contribution in [0.15, 0.2) is 84.9 Å². The highest BCUT2D eigenvalue weighted by molar-refractivity contribution is 5.86. The Morgan fingerprint density at radius 3 is 1.71 bits per heavy atom. The molecule has 0 radical (unpaired) electrons. The molecule has 0 N–H and O–H groups in total. The number of rotatable bonds is 12. The van der Waals surface area contributed by atoms with Crippen LogP contribution in [0, 0.1) is 19.3 Å². The minimum atomic E-state index is -0.540. The molecule has 0 saturated heterocycles. The summed E-state index contributed by atoms with van der Waals surface area (Å²) in [5.41, 5.74) is 8.18. The molecule has 1 unspecified atom stereocenters. The smallest absolute Gasteiger partial charge is 0.316 e. The van der Waals surface area contributed by atoms with Gasteiger partial charge in [0, 0.05) is 0 Å². The molecule has 1 aliphatic carbocycles. The van der Waals surface area contributed by atoms with E-state index in [9.17, 15) is 4.79 Å². The first kappa shape index (κ1) is 32.5. The van der Waals surface area contributed by atoms with Gasteiger partial charge in [-0.05, 0) is 117 Å². The molecule has 0 saturated carbocycles. The number of hydrogen-bond donors (Lipinski definition) is 0. The van der Waals surface area contributed by atoms with E-state index >= 15 is 0 Å². The van der Waals surface area contributed by atoms with Crippen molar-refractivity contribution in [3.63, 3.8) is 0 Å². The molecule has 45 heavy (non-hydrogen) atoms. The summed E-state index contributed by atoms with van der Waals surface area (Å²) < 4.78 is 12.8. The summed E-state index contributed by atoms with van der Waals surface area (Å²) in [6.45, 7) is 16.9. The number of fused-ring (bicyclic) bond motifs is 3. The van der Waals surface area contributed by atoms with Crippen molar-refractivity contribution in [1.82, 2.24) is 0 Å². The van der Waals surface area contributed by atoms with Crippen molar-refractivity contribution in [1.29, 1.82) is 0 Å². The maximum Gasteiger partial charge on any atom is 0.316 e. The van der Waals surface area contributed by atoms with Crippen LogP contribution in [0.1, 0.15) is 113 Å². The van der Waals surface area contributed by atoms with Crippen molar-refractivity contribution >= 4 is 5.97 Å². The molecule has 0 bridgehead atoms. The maximum atomic E-state index is 13.1. The molecular formula is C42H50O3. The van der Waals surface area contributed by atoms with E-state index in [2.05, 4.69) is 113 Å². The SMILES string of the molecule is CCCCC(C)(CC)Oc1ccc(C2(c3ccc(OC(=O)C(C)(C)CCC)c(C)c3)c3ccccc3-c3ccccc32)cc1C. The summed E-state index contributed by atoms with van der Waals surface area (Å²) in [7, 11) is 0. The van der Waals surface area contributed by atoms with Gasteiger partial charge in [-0.2, -0.15) is 0 Å². The second-order valence-corrected chi connectivity index (χ2v) is 13.8. The van der Waals surface area contributed by atoms with Gasteiger partial charge in [0.2, 0.25) is 0 Å². The number of benzene rings is 4.